The van der Waals surface area contributed by atoms with Gasteiger partial charge in [-0.2, -0.15) is 0 Å². The molecule has 0 atom stereocenters. The Bertz CT molecular complexity index is 902. The molecular formula is C12H7Cl3N2O5S. The smallest absolute Gasteiger partial charge is 0.331 e. The number of hydrogen-bond donors (Lipinski definition) is 1. The molecule has 2 N–H and O–H groups in total. The highest BCUT2D eigenvalue weighted by molar-refractivity contribution is 7.89. The highest BCUT2D eigenvalue weighted by atomic mass is 35.5. The Kier molecular flexibility index (Phi) is 5.02. The van der Waals surface area contributed by atoms with Crippen molar-refractivity contribution in [3.8, 4) is 11.5 Å². The van der Waals surface area contributed by atoms with E-state index < -0.39 is 30.6 Å². The van der Waals surface area contributed by atoms with E-state index in [0.29, 0.717) is 0 Å². The lowest BCUT2D eigenvalue weighted by Crippen LogP contribution is -2.13. The van der Waals surface area contributed by atoms with Crippen molar-refractivity contribution in [3.63, 3.8) is 0 Å². The number of nitrogens with zero attached hydrogens (tertiary/aromatic N) is 1. The van der Waals surface area contributed by atoms with Gasteiger partial charge in [0.25, 0.3) is 0 Å². The van der Waals surface area contributed by atoms with Gasteiger partial charge in [-0.25, -0.2) is 13.6 Å². The second kappa shape index (κ2) is 6.50. The Balaban J connectivity index is 2.62. The predicted molar refractivity (Wildman–Crippen MR) is 86.0 cm³/mol. The summed E-state index contributed by atoms with van der Waals surface area (Å²) >= 11 is 17.6. The Hall–Kier alpha value is -1.58. The first-order chi connectivity index (χ1) is 10.6. The van der Waals surface area contributed by atoms with E-state index >= 15 is 0 Å². The highest BCUT2D eigenvalue weighted by Crippen LogP contribution is 2.42. The lowest BCUT2D eigenvalue weighted by Gasteiger charge is -2.11. The zero-order chi connectivity index (χ0) is 17.4. The van der Waals surface area contributed by atoms with Crippen LogP contribution in [0.25, 0.3) is 0 Å². The maximum atomic E-state index is 11.4. The van der Waals surface area contributed by atoms with Crippen LogP contribution in [0.3, 0.4) is 0 Å². The molecule has 23 heavy (non-hydrogen) atoms. The van der Waals surface area contributed by atoms with Crippen molar-refractivity contribution >= 4 is 50.5 Å². The van der Waals surface area contributed by atoms with Gasteiger partial charge in [0.1, 0.15) is 20.7 Å². The van der Waals surface area contributed by atoms with Gasteiger partial charge in [-0.3, -0.25) is 10.1 Å². The third-order valence-corrected chi connectivity index (χ3v) is 4.92. The van der Waals surface area contributed by atoms with Crippen molar-refractivity contribution < 1.29 is 18.1 Å². The van der Waals surface area contributed by atoms with Gasteiger partial charge in [0.15, 0.2) is 0 Å². The topological polar surface area (TPSA) is 113 Å². The van der Waals surface area contributed by atoms with Gasteiger partial charge < -0.3 is 4.74 Å². The monoisotopic (exact) mass is 396 g/mol. The number of nitro benzene ring substituents is 1. The van der Waals surface area contributed by atoms with E-state index in [9.17, 15) is 18.5 Å². The first kappa shape index (κ1) is 17.8. The van der Waals surface area contributed by atoms with E-state index in [4.69, 9.17) is 44.7 Å². The molecule has 0 aliphatic heterocycles. The fourth-order valence-corrected chi connectivity index (χ4v) is 3.16. The van der Waals surface area contributed by atoms with Crippen LogP contribution in [-0.4, -0.2) is 13.3 Å². The first-order valence-electron chi connectivity index (χ1n) is 5.74. The molecule has 11 heteroatoms. The van der Waals surface area contributed by atoms with Gasteiger partial charge in [-0.15, -0.1) is 0 Å². The van der Waals surface area contributed by atoms with E-state index in [-0.39, 0.29) is 21.5 Å². The molecule has 0 aliphatic carbocycles. The van der Waals surface area contributed by atoms with E-state index in [0.717, 1.165) is 12.1 Å². The van der Waals surface area contributed by atoms with Crippen molar-refractivity contribution in [3.05, 3.63) is 55.5 Å². The number of primary sulfonamides is 1. The molecule has 0 aromatic heterocycles. The molecule has 0 amide bonds. The average Bonchev–Trinajstić information content (AvgIpc) is 2.42. The maximum absolute atomic E-state index is 11.4. The molecule has 0 saturated heterocycles. The normalized spacial score (nSPS) is 11.3. The molecule has 0 saturated carbocycles. The summed E-state index contributed by atoms with van der Waals surface area (Å²) in [5, 5.41) is 15.7. The molecule has 0 fully saturated rings. The van der Waals surface area contributed by atoms with Crippen LogP contribution < -0.4 is 9.88 Å². The van der Waals surface area contributed by atoms with E-state index in [2.05, 4.69) is 0 Å². The minimum atomic E-state index is -4.23. The molecule has 0 spiro atoms. The molecule has 2 aromatic carbocycles. The summed E-state index contributed by atoms with van der Waals surface area (Å²) in [6.45, 7) is 0. The number of sulfonamides is 1. The number of rotatable bonds is 4. The van der Waals surface area contributed by atoms with Crippen LogP contribution in [-0.2, 0) is 10.0 Å². The molecule has 122 valence electrons. The van der Waals surface area contributed by atoms with E-state index in [1.165, 1.54) is 18.2 Å². The van der Waals surface area contributed by atoms with Crippen molar-refractivity contribution in [2.24, 2.45) is 5.14 Å². The fourth-order valence-electron chi connectivity index (χ4n) is 1.68. The lowest BCUT2D eigenvalue weighted by molar-refractivity contribution is -0.385. The van der Waals surface area contributed by atoms with Gasteiger partial charge in [-0.1, -0.05) is 40.9 Å². The van der Waals surface area contributed by atoms with Crippen LogP contribution in [0.5, 0.6) is 11.5 Å². The van der Waals surface area contributed by atoms with Crippen molar-refractivity contribution in [1.29, 1.82) is 0 Å². The van der Waals surface area contributed by atoms with Crippen LogP contribution in [0, 0.1) is 10.1 Å². The largest absolute Gasteiger partial charge is 0.448 e. The third-order valence-electron chi connectivity index (χ3n) is 2.67. The first-order valence-corrected chi connectivity index (χ1v) is 8.42. The summed E-state index contributed by atoms with van der Waals surface area (Å²) < 4.78 is 28.1. The van der Waals surface area contributed by atoms with Gasteiger partial charge in [-0.05, 0) is 24.3 Å². The molecule has 2 rings (SSSR count). The van der Waals surface area contributed by atoms with Crippen LogP contribution in [0.4, 0.5) is 5.69 Å². The summed E-state index contributed by atoms with van der Waals surface area (Å²) in [6.07, 6.45) is 0. The molecule has 0 unspecified atom stereocenters. The van der Waals surface area contributed by atoms with Crippen LogP contribution in [0.15, 0.2) is 35.2 Å². The number of nitrogens with two attached hydrogens (primary N) is 1. The Labute approximate surface area is 145 Å². The molecule has 0 bridgehead atoms. The van der Waals surface area contributed by atoms with Crippen LogP contribution >= 0.6 is 34.8 Å². The molecular weight excluding hydrogens is 391 g/mol. The van der Waals surface area contributed by atoms with Crippen molar-refractivity contribution in [1.82, 2.24) is 0 Å². The van der Waals surface area contributed by atoms with Gasteiger partial charge >= 0.3 is 5.69 Å². The zero-order valence-electron chi connectivity index (χ0n) is 11.0. The number of benzene rings is 2. The molecule has 7 nitrogen and oxygen atoms in total. The summed E-state index contributed by atoms with van der Waals surface area (Å²) in [5.41, 5.74) is -0.755. The van der Waals surface area contributed by atoms with Gasteiger partial charge in [0.05, 0.1) is 9.95 Å². The third kappa shape index (κ3) is 3.67. The zero-order valence-corrected chi connectivity index (χ0v) is 14.1. The predicted octanol–water partition coefficient (Wildman–Crippen LogP) is 3.99. The summed E-state index contributed by atoms with van der Waals surface area (Å²) in [4.78, 5) is 9.74. The van der Waals surface area contributed by atoms with E-state index in [1.807, 2.05) is 0 Å². The van der Waals surface area contributed by atoms with Crippen LogP contribution in [0.2, 0.25) is 15.1 Å². The highest BCUT2D eigenvalue weighted by Gasteiger charge is 2.28. The second-order valence-electron chi connectivity index (χ2n) is 4.18. The standard InChI is InChI=1S/C12H7Cl3N2O5S/c13-6-2-1-3-7(10(6)14)22-8-4-5-9(23(16,20)21)11(15)12(8)17(18)19/h1-5H,(H2,16,20,21). The Morgan fingerprint density at radius 2 is 1.70 bits per heavy atom. The number of ether oxygens (including phenoxy) is 1. The SMILES string of the molecule is NS(=O)(=O)c1ccc(Oc2cccc(Cl)c2Cl)c([N+](=O)[O-])c1Cl. The quantitative estimate of drug-likeness (QED) is 0.619. The van der Waals surface area contributed by atoms with Gasteiger partial charge in [0.2, 0.25) is 15.8 Å². The fraction of sp³-hybridized carbons (Fsp3) is 0. The summed E-state index contributed by atoms with van der Waals surface area (Å²) in [5.74, 6) is -0.266. The van der Waals surface area contributed by atoms with Gasteiger partial charge in [0, 0.05) is 0 Å². The minimum Gasteiger partial charge on any atom is -0.448 e. The molecule has 0 radical (unpaired) electrons. The van der Waals surface area contributed by atoms with Crippen molar-refractivity contribution in [2.75, 3.05) is 0 Å². The molecule has 2 aromatic rings. The maximum Gasteiger partial charge on any atom is 0.331 e. The summed E-state index contributed by atoms with van der Waals surface area (Å²) in [6, 6.07) is 6.51. The molecule has 0 aliphatic rings. The Morgan fingerprint density at radius 1 is 1.04 bits per heavy atom. The number of hydrogen-bond acceptors (Lipinski definition) is 5. The average molecular weight is 398 g/mol. The van der Waals surface area contributed by atoms with Crippen molar-refractivity contribution in [2.45, 2.75) is 4.90 Å². The summed E-state index contributed by atoms with van der Waals surface area (Å²) in [7, 11) is -4.23. The molecule has 0 heterocycles. The number of nitro groups is 1. The number of halogens is 3. The Morgan fingerprint density at radius 3 is 2.26 bits per heavy atom. The lowest BCUT2D eigenvalue weighted by atomic mass is 10.3. The van der Waals surface area contributed by atoms with Crippen LogP contribution in [0.1, 0.15) is 0 Å². The second-order valence-corrected chi connectivity index (χ2v) is 6.87. The minimum absolute atomic E-state index is 0.0371. The van der Waals surface area contributed by atoms with E-state index in [1.54, 1.807) is 0 Å².